The Kier molecular flexibility index (Phi) is 5.18. The molecule has 1 aliphatic rings. The number of hydrogen-bond donors (Lipinski definition) is 1. The molecule has 154 valence electrons. The standard InChI is InChI=1S/C21H21N5O4/c1-13-12-25(20(28)14-6-4-3-5-7-14)10-11-26(13)21(29)18(27)17-16-15(30-2)8-9-22-19(16)24-23-17/h3-9,13H,10-12H2,1-2H3,(H,22,23,24)/t13-/m1/s1. The van der Waals surface area contributed by atoms with Gasteiger partial charge in [-0.1, -0.05) is 18.2 Å². The number of Topliss-reactive ketones (excluding diaryl/α,β-unsaturated/α-hetero) is 1. The SMILES string of the molecule is COc1ccnc2n[nH]c(C(=O)C(=O)N3CCN(C(=O)c4ccccc4)C[C@H]3C)c12. The number of amides is 2. The van der Waals surface area contributed by atoms with Crippen molar-refractivity contribution in [3.63, 3.8) is 0 Å². The van der Waals surface area contributed by atoms with E-state index in [9.17, 15) is 14.4 Å². The topological polar surface area (TPSA) is 108 Å². The van der Waals surface area contributed by atoms with Crippen LogP contribution in [-0.2, 0) is 4.79 Å². The van der Waals surface area contributed by atoms with Crippen molar-refractivity contribution in [1.82, 2.24) is 25.0 Å². The van der Waals surface area contributed by atoms with E-state index in [1.807, 2.05) is 25.1 Å². The first kappa shape index (κ1) is 19.6. The van der Waals surface area contributed by atoms with Gasteiger partial charge < -0.3 is 14.5 Å². The lowest BCUT2D eigenvalue weighted by atomic mass is 10.1. The van der Waals surface area contributed by atoms with E-state index in [-0.39, 0.29) is 24.2 Å². The molecule has 0 saturated carbocycles. The molecule has 0 radical (unpaired) electrons. The number of pyridine rings is 1. The number of carbonyl (C=O) groups excluding carboxylic acids is 3. The zero-order chi connectivity index (χ0) is 21.3. The van der Waals surface area contributed by atoms with Crippen LogP contribution in [0.4, 0.5) is 0 Å². The second kappa shape index (κ2) is 7.94. The van der Waals surface area contributed by atoms with E-state index in [0.717, 1.165) is 0 Å². The van der Waals surface area contributed by atoms with Gasteiger partial charge in [0.05, 0.1) is 12.5 Å². The summed E-state index contributed by atoms with van der Waals surface area (Å²) in [6, 6.07) is 10.3. The molecule has 9 heteroatoms. The molecule has 2 aromatic heterocycles. The zero-order valence-corrected chi connectivity index (χ0v) is 16.7. The third-order valence-electron chi connectivity index (χ3n) is 5.25. The number of carbonyl (C=O) groups is 3. The van der Waals surface area contributed by atoms with Crippen LogP contribution in [0.2, 0.25) is 0 Å². The predicted molar refractivity (Wildman–Crippen MR) is 108 cm³/mol. The highest BCUT2D eigenvalue weighted by Crippen LogP contribution is 2.26. The van der Waals surface area contributed by atoms with E-state index in [1.54, 1.807) is 23.1 Å². The molecule has 2 amide bonds. The quantitative estimate of drug-likeness (QED) is 0.519. The van der Waals surface area contributed by atoms with Crippen LogP contribution in [-0.4, -0.2) is 75.4 Å². The molecule has 3 aromatic rings. The lowest BCUT2D eigenvalue weighted by molar-refractivity contribution is -0.130. The fraction of sp³-hybridized carbons (Fsp3) is 0.286. The first-order valence-electron chi connectivity index (χ1n) is 9.58. The van der Waals surface area contributed by atoms with Crippen LogP contribution >= 0.6 is 0 Å². The maximum absolute atomic E-state index is 13.0. The van der Waals surface area contributed by atoms with Gasteiger partial charge in [-0.15, -0.1) is 0 Å². The first-order chi connectivity index (χ1) is 14.5. The van der Waals surface area contributed by atoms with Crippen LogP contribution in [0.25, 0.3) is 11.0 Å². The van der Waals surface area contributed by atoms with Crippen LogP contribution in [0.1, 0.15) is 27.8 Å². The second-order valence-electron chi connectivity index (χ2n) is 7.10. The average molecular weight is 407 g/mol. The number of ether oxygens (including phenoxy) is 1. The zero-order valence-electron chi connectivity index (χ0n) is 16.7. The summed E-state index contributed by atoms with van der Waals surface area (Å²) in [5.74, 6) is -1.03. The molecule has 0 bridgehead atoms. The minimum absolute atomic E-state index is 0.0509. The van der Waals surface area contributed by atoms with Crippen LogP contribution < -0.4 is 4.74 Å². The average Bonchev–Trinajstić information content (AvgIpc) is 3.22. The lowest BCUT2D eigenvalue weighted by Crippen LogP contribution is -2.56. The van der Waals surface area contributed by atoms with Gasteiger partial charge in [-0.25, -0.2) is 4.98 Å². The van der Waals surface area contributed by atoms with Crippen LogP contribution in [0, 0.1) is 0 Å². The monoisotopic (exact) mass is 407 g/mol. The van der Waals surface area contributed by atoms with Crippen molar-refractivity contribution in [2.75, 3.05) is 26.7 Å². The molecule has 1 aliphatic heterocycles. The third-order valence-corrected chi connectivity index (χ3v) is 5.25. The molecule has 30 heavy (non-hydrogen) atoms. The minimum atomic E-state index is -0.710. The van der Waals surface area contributed by atoms with Gasteiger partial charge in [-0.05, 0) is 25.1 Å². The number of H-pyrrole nitrogens is 1. The van der Waals surface area contributed by atoms with Crippen molar-refractivity contribution in [3.8, 4) is 5.75 Å². The third kappa shape index (κ3) is 3.38. The Morgan fingerprint density at radius 3 is 2.60 bits per heavy atom. The molecule has 1 aromatic carbocycles. The van der Waals surface area contributed by atoms with Gasteiger partial charge >= 0.3 is 0 Å². The number of nitrogens with zero attached hydrogens (tertiary/aromatic N) is 4. The Morgan fingerprint density at radius 2 is 1.90 bits per heavy atom. The van der Waals surface area contributed by atoms with E-state index < -0.39 is 11.7 Å². The van der Waals surface area contributed by atoms with Gasteiger partial charge in [-0.3, -0.25) is 19.5 Å². The van der Waals surface area contributed by atoms with Crippen molar-refractivity contribution in [3.05, 3.63) is 53.9 Å². The largest absolute Gasteiger partial charge is 0.496 e. The Hall–Kier alpha value is -3.75. The summed E-state index contributed by atoms with van der Waals surface area (Å²) in [6.07, 6.45) is 1.52. The van der Waals surface area contributed by atoms with Crippen LogP contribution in [0.3, 0.4) is 0 Å². The molecule has 4 rings (SSSR count). The Morgan fingerprint density at radius 1 is 1.13 bits per heavy atom. The molecule has 0 unspecified atom stereocenters. The summed E-state index contributed by atoms with van der Waals surface area (Å²) in [5, 5.41) is 7.00. The second-order valence-corrected chi connectivity index (χ2v) is 7.10. The molecule has 1 atom stereocenters. The minimum Gasteiger partial charge on any atom is -0.496 e. The molecular formula is C21H21N5O4. The maximum Gasteiger partial charge on any atom is 0.297 e. The Labute approximate surface area is 172 Å². The van der Waals surface area contributed by atoms with Crippen molar-refractivity contribution < 1.29 is 19.1 Å². The number of methoxy groups -OCH3 is 1. The summed E-state index contributed by atoms with van der Waals surface area (Å²) in [7, 11) is 1.48. The number of ketones is 1. The highest BCUT2D eigenvalue weighted by molar-refractivity contribution is 6.44. The molecule has 3 heterocycles. The van der Waals surface area contributed by atoms with Gasteiger partial charge in [0.1, 0.15) is 11.4 Å². The normalized spacial score (nSPS) is 16.5. The van der Waals surface area contributed by atoms with Crippen LogP contribution in [0.15, 0.2) is 42.6 Å². The Bertz CT molecular complexity index is 1110. The van der Waals surface area contributed by atoms with E-state index in [1.165, 1.54) is 18.2 Å². The molecule has 1 fully saturated rings. The van der Waals surface area contributed by atoms with Crippen LogP contribution in [0.5, 0.6) is 5.75 Å². The maximum atomic E-state index is 13.0. The number of fused-ring (bicyclic) bond motifs is 1. The molecule has 0 spiro atoms. The van der Waals surface area contributed by atoms with Gasteiger partial charge in [-0.2, -0.15) is 5.10 Å². The number of aromatic nitrogens is 3. The molecular weight excluding hydrogens is 386 g/mol. The van der Waals surface area contributed by atoms with Gasteiger partial charge in [0.25, 0.3) is 17.6 Å². The molecule has 1 saturated heterocycles. The van der Waals surface area contributed by atoms with E-state index >= 15 is 0 Å². The summed E-state index contributed by atoms with van der Waals surface area (Å²) >= 11 is 0. The predicted octanol–water partition coefficient (Wildman–Crippen LogP) is 1.52. The van der Waals surface area contributed by atoms with Gasteiger partial charge in [0.2, 0.25) is 0 Å². The fourth-order valence-electron chi connectivity index (χ4n) is 3.70. The molecule has 9 nitrogen and oxygen atoms in total. The molecule has 0 aliphatic carbocycles. The van der Waals surface area contributed by atoms with E-state index in [2.05, 4.69) is 15.2 Å². The fourth-order valence-corrected chi connectivity index (χ4v) is 3.70. The van der Waals surface area contributed by atoms with Crippen molar-refractivity contribution in [2.24, 2.45) is 0 Å². The summed E-state index contributed by atoms with van der Waals surface area (Å²) in [4.78, 5) is 45.9. The van der Waals surface area contributed by atoms with Crippen molar-refractivity contribution in [1.29, 1.82) is 0 Å². The first-order valence-corrected chi connectivity index (χ1v) is 9.58. The number of benzene rings is 1. The highest BCUT2D eigenvalue weighted by Gasteiger charge is 2.35. The number of nitrogens with one attached hydrogen (secondary N) is 1. The summed E-state index contributed by atoms with van der Waals surface area (Å²) in [5.41, 5.74) is 0.954. The lowest BCUT2D eigenvalue weighted by Gasteiger charge is -2.39. The smallest absolute Gasteiger partial charge is 0.297 e. The number of piperazine rings is 1. The molecule has 1 N–H and O–H groups in total. The van der Waals surface area contributed by atoms with Gasteiger partial charge in [0, 0.05) is 37.4 Å². The highest BCUT2D eigenvalue weighted by atomic mass is 16.5. The Balaban J connectivity index is 1.51. The number of hydrogen-bond acceptors (Lipinski definition) is 6. The van der Waals surface area contributed by atoms with E-state index in [4.69, 9.17) is 4.74 Å². The number of rotatable bonds is 4. The van der Waals surface area contributed by atoms with Crippen molar-refractivity contribution in [2.45, 2.75) is 13.0 Å². The van der Waals surface area contributed by atoms with E-state index in [0.29, 0.717) is 35.4 Å². The summed E-state index contributed by atoms with van der Waals surface area (Å²) in [6.45, 7) is 2.79. The number of aromatic amines is 1. The summed E-state index contributed by atoms with van der Waals surface area (Å²) < 4.78 is 5.28. The van der Waals surface area contributed by atoms with Gasteiger partial charge in [0.15, 0.2) is 5.65 Å². The van der Waals surface area contributed by atoms with Crippen molar-refractivity contribution >= 4 is 28.6 Å².